The van der Waals surface area contributed by atoms with Gasteiger partial charge in [0.1, 0.15) is 18.3 Å². The number of para-hydroxylation sites is 2. The van der Waals surface area contributed by atoms with Crippen molar-refractivity contribution >= 4 is 43.5 Å². The summed E-state index contributed by atoms with van der Waals surface area (Å²) in [6.07, 6.45) is 4.12. The molecule has 2 amide bonds. The van der Waals surface area contributed by atoms with E-state index in [1.165, 1.54) is 24.1 Å². The van der Waals surface area contributed by atoms with Crippen molar-refractivity contribution in [3.8, 4) is 5.75 Å². The fourth-order valence-corrected chi connectivity index (χ4v) is 7.81. The third kappa shape index (κ3) is 8.61. The topological polar surface area (TPSA) is 96.0 Å². The highest BCUT2D eigenvalue weighted by molar-refractivity contribution is 9.10. The number of hydrogen-bond acceptors (Lipinski definition) is 5. The van der Waals surface area contributed by atoms with E-state index in [0.29, 0.717) is 5.75 Å². The van der Waals surface area contributed by atoms with E-state index in [0.717, 1.165) is 51.2 Å². The van der Waals surface area contributed by atoms with Crippen LogP contribution in [0.2, 0.25) is 0 Å². The summed E-state index contributed by atoms with van der Waals surface area (Å²) in [5.41, 5.74) is 2.81. The SMILES string of the molecule is COc1ccccc1N(CC(=O)N(Cc1cccc(Br)c1)[C@H](Cc1ccccc1)C(=O)NC1CCCC1)S(=O)(=O)c1ccc(C)cc1. The molecule has 1 saturated carbocycles. The van der Waals surface area contributed by atoms with Gasteiger partial charge >= 0.3 is 0 Å². The Bertz CT molecular complexity index is 1780. The largest absolute Gasteiger partial charge is 0.495 e. The third-order valence-corrected chi connectivity index (χ3v) is 10.7. The Balaban J connectivity index is 1.59. The van der Waals surface area contributed by atoms with Gasteiger partial charge in [-0.1, -0.05) is 101 Å². The minimum Gasteiger partial charge on any atom is -0.495 e. The van der Waals surface area contributed by atoms with E-state index in [9.17, 15) is 18.0 Å². The summed E-state index contributed by atoms with van der Waals surface area (Å²) in [5, 5.41) is 3.20. The summed E-state index contributed by atoms with van der Waals surface area (Å²) in [6.45, 7) is 1.42. The first-order valence-electron chi connectivity index (χ1n) is 15.8. The number of carbonyl (C=O) groups is 2. The summed E-state index contributed by atoms with van der Waals surface area (Å²) in [7, 11) is -2.78. The lowest BCUT2D eigenvalue weighted by atomic mass is 10.0. The van der Waals surface area contributed by atoms with Crippen LogP contribution in [0.4, 0.5) is 5.69 Å². The lowest BCUT2D eigenvalue weighted by Gasteiger charge is -2.34. The number of rotatable bonds is 13. The molecule has 10 heteroatoms. The Hall–Kier alpha value is -4.15. The van der Waals surface area contributed by atoms with Crippen molar-refractivity contribution in [3.63, 3.8) is 0 Å². The van der Waals surface area contributed by atoms with Gasteiger partial charge in [0.2, 0.25) is 11.8 Å². The van der Waals surface area contributed by atoms with Crippen LogP contribution in [0.5, 0.6) is 5.75 Å². The number of aryl methyl sites for hydroxylation is 1. The highest BCUT2D eigenvalue weighted by atomic mass is 79.9. The molecule has 0 unspecified atom stereocenters. The van der Waals surface area contributed by atoms with Crippen molar-refractivity contribution in [2.24, 2.45) is 0 Å². The van der Waals surface area contributed by atoms with E-state index in [-0.39, 0.29) is 35.5 Å². The molecule has 1 aliphatic carbocycles. The van der Waals surface area contributed by atoms with Crippen LogP contribution in [-0.2, 0) is 32.6 Å². The zero-order chi connectivity index (χ0) is 33.4. The highest BCUT2D eigenvalue weighted by Gasteiger charge is 2.36. The van der Waals surface area contributed by atoms with Crippen molar-refractivity contribution in [1.29, 1.82) is 0 Å². The van der Waals surface area contributed by atoms with E-state index in [1.807, 2.05) is 61.5 Å². The predicted molar refractivity (Wildman–Crippen MR) is 188 cm³/mol. The molecule has 0 aromatic heterocycles. The van der Waals surface area contributed by atoms with Crippen molar-refractivity contribution in [2.45, 2.75) is 62.6 Å². The van der Waals surface area contributed by atoms with Crippen molar-refractivity contribution in [1.82, 2.24) is 10.2 Å². The highest BCUT2D eigenvalue weighted by Crippen LogP contribution is 2.33. The van der Waals surface area contributed by atoms with Gasteiger partial charge in [0.05, 0.1) is 17.7 Å². The molecule has 5 rings (SSSR count). The Morgan fingerprint density at radius 1 is 0.894 bits per heavy atom. The van der Waals surface area contributed by atoms with E-state index in [1.54, 1.807) is 36.4 Å². The molecular formula is C37H40BrN3O5S. The molecule has 1 aliphatic rings. The van der Waals surface area contributed by atoms with Gasteiger partial charge in [0.25, 0.3) is 10.0 Å². The lowest BCUT2D eigenvalue weighted by molar-refractivity contribution is -0.140. The molecule has 8 nitrogen and oxygen atoms in total. The summed E-state index contributed by atoms with van der Waals surface area (Å²) in [6, 6.07) is 29.5. The number of benzene rings is 4. The first-order valence-corrected chi connectivity index (χ1v) is 18.0. The Labute approximate surface area is 285 Å². The normalized spacial score (nSPS) is 13.9. The van der Waals surface area contributed by atoms with E-state index in [4.69, 9.17) is 4.74 Å². The minimum atomic E-state index is -4.24. The number of hydrogen-bond donors (Lipinski definition) is 1. The monoisotopic (exact) mass is 717 g/mol. The lowest BCUT2D eigenvalue weighted by Crippen LogP contribution is -2.54. The summed E-state index contributed by atoms with van der Waals surface area (Å²) >= 11 is 3.53. The zero-order valence-corrected chi connectivity index (χ0v) is 29.0. The van der Waals surface area contributed by atoms with E-state index < -0.39 is 28.5 Å². The first kappa shape index (κ1) is 34.2. The molecule has 0 radical (unpaired) electrons. The number of carbonyl (C=O) groups excluding carboxylic acids is 2. The quantitative estimate of drug-likeness (QED) is 0.167. The van der Waals surface area contributed by atoms with Crippen LogP contribution in [-0.4, -0.2) is 50.9 Å². The molecule has 246 valence electrons. The molecule has 4 aromatic carbocycles. The summed E-state index contributed by atoms with van der Waals surface area (Å²) < 4.78 is 36.1. The standard InChI is InChI=1S/C37H40BrN3O5S/c1-27-19-21-32(22-20-27)47(44,45)41(33-17-8-9-18-35(33)46-2)26-36(42)40(25-29-13-10-14-30(38)23-29)34(24-28-11-4-3-5-12-28)37(43)39-31-15-6-7-16-31/h3-5,8-14,17-23,31,34H,6-7,15-16,24-26H2,1-2H3,(H,39,43)/t34-/m1/s1. The average Bonchev–Trinajstić information content (AvgIpc) is 3.59. The van der Waals surface area contributed by atoms with Gasteiger partial charge in [-0.3, -0.25) is 13.9 Å². The molecular weight excluding hydrogens is 678 g/mol. The second kappa shape index (κ2) is 15.6. The predicted octanol–water partition coefficient (Wildman–Crippen LogP) is 6.66. The molecule has 0 bridgehead atoms. The van der Waals surface area contributed by atoms with Gasteiger partial charge < -0.3 is 15.0 Å². The summed E-state index contributed by atoms with van der Waals surface area (Å²) in [4.78, 5) is 30.4. The second-order valence-electron chi connectivity index (χ2n) is 11.8. The number of amides is 2. The fourth-order valence-electron chi connectivity index (χ4n) is 5.94. The maximum absolute atomic E-state index is 14.7. The summed E-state index contributed by atoms with van der Waals surface area (Å²) in [5.74, 6) is -0.474. The van der Waals surface area contributed by atoms with Gasteiger partial charge in [-0.15, -0.1) is 0 Å². The Morgan fingerprint density at radius 3 is 2.23 bits per heavy atom. The van der Waals surface area contributed by atoms with Crippen LogP contribution in [0.3, 0.4) is 0 Å². The smallest absolute Gasteiger partial charge is 0.264 e. The number of halogens is 1. The van der Waals surface area contributed by atoms with Crippen molar-refractivity contribution in [2.75, 3.05) is 18.0 Å². The van der Waals surface area contributed by atoms with E-state index >= 15 is 0 Å². The number of ether oxygens (including phenoxy) is 1. The molecule has 0 spiro atoms. The van der Waals surface area contributed by atoms with E-state index in [2.05, 4.69) is 21.2 Å². The molecule has 0 heterocycles. The van der Waals surface area contributed by atoms with Gasteiger partial charge in [-0.2, -0.15) is 0 Å². The maximum atomic E-state index is 14.7. The molecule has 1 fully saturated rings. The van der Waals surface area contributed by atoms with Crippen LogP contribution in [0.15, 0.2) is 112 Å². The van der Waals surface area contributed by atoms with Crippen LogP contribution in [0.25, 0.3) is 0 Å². The molecule has 1 atom stereocenters. The van der Waals surface area contributed by atoms with Crippen molar-refractivity contribution in [3.05, 3.63) is 124 Å². The van der Waals surface area contributed by atoms with Gasteiger partial charge in [-0.25, -0.2) is 8.42 Å². The third-order valence-electron chi connectivity index (χ3n) is 8.46. The molecule has 4 aromatic rings. The number of sulfonamides is 1. The molecule has 0 aliphatic heterocycles. The second-order valence-corrected chi connectivity index (χ2v) is 14.6. The van der Waals surface area contributed by atoms with Crippen LogP contribution in [0.1, 0.15) is 42.4 Å². The van der Waals surface area contributed by atoms with Gasteiger partial charge in [0, 0.05) is 23.5 Å². The van der Waals surface area contributed by atoms with Crippen LogP contribution in [0, 0.1) is 6.92 Å². The Kier molecular flexibility index (Phi) is 11.4. The molecule has 0 saturated heterocycles. The van der Waals surface area contributed by atoms with Crippen molar-refractivity contribution < 1.29 is 22.7 Å². The first-order chi connectivity index (χ1) is 22.7. The number of nitrogens with one attached hydrogen (secondary N) is 1. The average molecular weight is 719 g/mol. The molecule has 1 N–H and O–H groups in total. The Morgan fingerprint density at radius 2 is 1.55 bits per heavy atom. The molecule has 47 heavy (non-hydrogen) atoms. The van der Waals surface area contributed by atoms with Gasteiger partial charge in [-0.05, 0) is 67.3 Å². The fraction of sp³-hybridized carbons (Fsp3) is 0.297. The minimum absolute atomic E-state index is 0.0376. The van der Waals surface area contributed by atoms with Gasteiger partial charge in [0.15, 0.2) is 0 Å². The van der Waals surface area contributed by atoms with Crippen LogP contribution < -0.4 is 14.4 Å². The zero-order valence-electron chi connectivity index (χ0n) is 26.6. The number of anilines is 1. The van der Waals surface area contributed by atoms with Crippen LogP contribution >= 0.6 is 15.9 Å². The number of nitrogens with zero attached hydrogens (tertiary/aromatic N) is 2. The number of methoxy groups -OCH3 is 1. The maximum Gasteiger partial charge on any atom is 0.264 e.